The third-order valence-electron chi connectivity index (χ3n) is 4.84. The van der Waals surface area contributed by atoms with E-state index in [9.17, 15) is 4.79 Å². The Kier molecular flexibility index (Phi) is 4.74. The minimum Gasteiger partial charge on any atom is -0.361 e. The first-order valence-electron chi connectivity index (χ1n) is 8.97. The second-order valence-corrected chi connectivity index (χ2v) is 7.67. The number of thiazole rings is 1. The SMILES string of the molecule is CCc1noc(C)c1C(=O)N1CCN(Cc2nc3ccccc3s2)CC1. The Morgan fingerprint density at radius 2 is 2.00 bits per heavy atom. The Morgan fingerprint density at radius 1 is 1.23 bits per heavy atom. The van der Waals surface area contributed by atoms with Gasteiger partial charge in [-0.2, -0.15) is 0 Å². The van der Waals surface area contributed by atoms with Gasteiger partial charge in [0.05, 0.1) is 22.5 Å². The second kappa shape index (κ2) is 7.17. The van der Waals surface area contributed by atoms with Gasteiger partial charge in [0.1, 0.15) is 16.3 Å². The monoisotopic (exact) mass is 370 g/mol. The Morgan fingerprint density at radius 3 is 2.73 bits per heavy atom. The molecule has 1 amide bonds. The molecule has 1 aliphatic rings. The summed E-state index contributed by atoms with van der Waals surface area (Å²) in [6.07, 6.45) is 0.704. The van der Waals surface area contributed by atoms with Gasteiger partial charge < -0.3 is 9.42 Å². The summed E-state index contributed by atoms with van der Waals surface area (Å²) in [5.74, 6) is 0.656. The number of nitrogens with zero attached hydrogens (tertiary/aromatic N) is 4. The molecule has 1 fully saturated rings. The van der Waals surface area contributed by atoms with Gasteiger partial charge in [-0.05, 0) is 25.5 Å². The number of hydrogen-bond donors (Lipinski definition) is 0. The highest BCUT2D eigenvalue weighted by Gasteiger charge is 2.27. The molecule has 0 bridgehead atoms. The molecule has 6 nitrogen and oxygen atoms in total. The van der Waals surface area contributed by atoms with E-state index < -0.39 is 0 Å². The van der Waals surface area contributed by atoms with Gasteiger partial charge in [-0.3, -0.25) is 9.69 Å². The third-order valence-corrected chi connectivity index (χ3v) is 5.86. The molecule has 0 N–H and O–H groups in total. The van der Waals surface area contributed by atoms with Crippen LogP contribution >= 0.6 is 11.3 Å². The van der Waals surface area contributed by atoms with Gasteiger partial charge in [0.2, 0.25) is 0 Å². The van der Waals surface area contributed by atoms with E-state index in [1.54, 1.807) is 11.3 Å². The van der Waals surface area contributed by atoms with Gasteiger partial charge in [-0.25, -0.2) is 4.98 Å². The van der Waals surface area contributed by atoms with Crippen molar-refractivity contribution >= 4 is 27.5 Å². The molecule has 0 unspecified atom stereocenters. The predicted molar refractivity (Wildman–Crippen MR) is 101 cm³/mol. The normalized spacial score (nSPS) is 15.7. The number of benzene rings is 1. The van der Waals surface area contributed by atoms with Gasteiger partial charge in [0.25, 0.3) is 5.91 Å². The van der Waals surface area contributed by atoms with Crippen LogP contribution in [0.2, 0.25) is 0 Å². The first kappa shape index (κ1) is 17.2. The molecule has 1 aliphatic heterocycles. The highest BCUT2D eigenvalue weighted by molar-refractivity contribution is 7.18. The number of para-hydroxylation sites is 1. The zero-order chi connectivity index (χ0) is 18.1. The molecule has 0 radical (unpaired) electrons. The molecule has 2 aromatic heterocycles. The summed E-state index contributed by atoms with van der Waals surface area (Å²) in [6.45, 7) is 7.79. The smallest absolute Gasteiger partial charge is 0.259 e. The van der Waals surface area contributed by atoms with E-state index in [1.165, 1.54) is 4.70 Å². The van der Waals surface area contributed by atoms with Crippen LogP contribution in [0.25, 0.3) is 10.2 Å². The fraction of sp³-hybridized carbons (Fsp3) is 0.421. The quantitative estimate of drug-likeness (QED) is 0.706. The average molecular weight is 370 g/mol. The van der Waals surface area contributed by atoms with Crippen molar-refractivity contribution in [3.05, 3.63) is 46.3 Å². The molecule has 0 saturated carbocycles. The second-order valence-electron chi connectivity index (χ2n) is 6.56. The third kappa shape index (κ3) is 3.24. The zero-order valence-corrected chi connectivity index (χ0v) is 15.9. The number of aromatic nitrogens is 2. The van der Waals surface area contributed by atoms with E-state index >= 15 is 0 Å². The van der Waals surface area contributed by atoms with Gasteiger partial charge in [-0.1, -0.05) is 24.2 Å². The van der Waals surface area contributed by atoms with Crippen molar-refractivity contribution < 1.29 is 9.32 Å². The highest BCUT2D eigenvalue weighted by Crippen LogP contribution is 2.23. The molecule has 1 saturated heterocycles. The van der Waals surface area contributed by atoms with Gasteiger partial charge in [0.15, 0.2) is 0 Å². The predicted octanol–water partition coefficient (Wildman–Crippen LogP) is 3.11. The van der Waals surface area contributed by atoms with Crippen molar-refractivity contribution in [1.82, 2.24) is 19.9 Å². The molecule has 0 atom stereocenters. The maximum absolute atomic E-state index is 12.8. The molecule has 3 heterocycles. The van der Waals surface area contributed by atoms with Crippen LogP contribution in [0.15, 0.2) is 28.8 Å². The summed E-state index contributed by atoms with van der Waals surface area (Å²) in [4.78, 5) is 21.8. The van der Waals surface area contributed by atoms with Crippen molar-refractivity contribution in [2.75, 3.05) is 26.2 Å². The van der Waals surface area contributed by atoms with E-state index in [4.69, 9.17) is 9.51 Å². The molecule has 136 valence electrons. The van der Waals surface area contributed by atoms with Gasteiger partial charge >= 0.3 is 0 Å². The van der Waals surface area contributed by atoms with Gasteiger partial charge in [-0.15, -0.1) is 11.3 Å². The van der Waals surface area contributed by atoms with Crippen LogP contribution in [-0.4, -0.2) is 52.0 Å². The lowest BCUT2D eigenvalue weighted by Crippen LogP contribution is -2.48. The van der Waals surface area contributed by atoms with Crippen molar-refractivity contribution in [2.45, 2.75) is 26.8 Å². The Labute approximate surface area is 156 Å². The van der Waals surface area contributed by atoms with Crippen molar-refractivity contribution in [3.8, 4) is 0 Å². The summed E-state index contributed by atoms with van der Waals surface area (Å²) in [6, 6.07) is 8.23. The Hall–Kier alpha value is -2.25. The number of aryl methyl sites for hydroxylation is 2. The summed E-state index contributed by atoms with van der Waals surface area (Å²) in [7, 11) is 0. The lowest BCUT2D eigenvalue weighted by molar-refractivity contribution is 0.0626. The van der Waals surface area contributed by atoms with Crippen LogP contribution in [0.1, 0.15) is 33.7 Å². The topological polar surface area (TPSA) is 62.5 Å². The first-order valence-corrected chi connectivity index (χ1v) is 9.78. The van der Waals surface area contributed by atoms with E-state index in [1.807, 2.05) is 30.9 Å². The molecule has 7 heteroatoms. The number of piperazine rings is 1. The molecule has 0 spiro atoms. The minimum absolute atomic E-state index is 0.0419. The summed E-state index contributed by atoms with van der Waals surface area (Å²) < 4.78 is 6.44. The van der Waals surface area contributed by atoms with E-state index in [0.717, 1.165) is 48.9 Å². The molecule has 4 rings (SSSR count). The van der Waals surface area contributed by atoms with Crippen molar-refractivity contribution in [1.29, 1.82) is 0 Å². The fourth-order valence-electron chi connectivity index (χ4n) is 3.38. The maximum atomic E-state index is 12.8. The van der Waals surface area contributed by atoms with Crippen LogP contribution in [0.5, 0.6) is 0 Å². The van der Waals surface area contributed by atoms with Crippen LogP contribution in [0, 0.1) is 6.92 Å². The number of rotatable bonds is 4. The lowest BCUT2D eigenvalue weighted by atomic mass is 10.1. The van der Waals surface area contributed by atoms with E-state index in [2.05, 4.69) is 22.2 Å². The van der Waals surface area contributed by atoms with Gasteiger partial charge in [0, 0.05) is 26.2 Å². The van der Waals surface area contributed by atoms with Crippen molar-refractivity contribution in [2.24, 2.45) is 0 Å². The van der Waals surface area contributed by atoms with Crippen LogP contribution < -0.4 is 0 Å². The summed E-state index contributed by atoms with van der Waals surface area (Å²) >= 11 is 1.75. The Bertz CT molecular complexity index is 892. The highest BCUT2D eigenvalue weighted by atomic mass is 32.1. The molecule has 3 aromatic rings. The van der Waals surface area contributed by atoms with Crippen LogP contribution in [-0.2, 0) is 13.0 Å². The summed E-state index contributed by atoms with van der Waals surface area (Å²) in [5, 5.41) is 5.14. The fourth-order valence-corrected chi connectivity index (χ4v) is 4.39. The number of amides is 1. The van der Waals surface area contributed by atoms with Crippen molar-refractivity contribution in [3.63, 3.8) is 0 Å². The largest absolute Gasteiger partial charge is 0.361 e. The standard InChI is InChI=1S/C19H22N4O2S/c1-3-14-18(13(2)25-21-14)19(24)23-10-8-22(9-11-23)12-17-20-15-6-4-5-7-16(15)26-17/h4-7H,3,8-12H2,1-2H3. The number of hydrogen-bond acceptors (Lipinski definition) is 6. The lowest BCUT2D eigenvalue weighted by Gasteiger charge is -2.34. The number of carbonyl (C=O) groups is 1. The first-order chi connectivity index (χ1) is 12.7. The molecule has 1 aromatic carbocycles. The minimum atomic E-state index is 0.0419. The van der Waals surface area contributed by atoms with E-state index in [-0.39, 0.29) is 5.91 Å². The van der Waals surface area contributed by atoms with Crippen LogP contribution in [0.4, 0.5) is 0 Å². The zero-order valence-electron chi connectivity index (χ0n) is 15.1. The number of fused-ring (bicyclic) bond motifs is 1. The molecule has 0 aliphatic carbocycles. The van der Waals surface area contributed by atoms with E-state index in [0.29, 0.717) is 17.7 Å². The van der Waals surface area contributed by atoms with Crippen LogP contribution in [0.3, 0.4) is 0 Å². The Balaban J connectivity index is 1.39. The maximum Gasteiger partial charge on any atom is 0.259 e. The molecular weight excluding hydrogens is 348 g/mol. The molecular formula is C19H22N4O2S. The average Bonchev–Trinajstić information content (AvgIpc) is 3.24. The number of carbonyl (C=O) groups excluding carboxylic acids is 1. The summed E-state index contributed by atoms with van der Waals surface area (Å²) in [5.41, 5.74) is 2.47. The molecule has 26 heavy (non-hydrogen) atoms.